The molecule has 0 spiro atoms. The van der Waals surface area contributed by atoms with Crippen molar-refractivity contribution in [1.29, 1.82) is 0 Å². The topological polar surface area (TPSA) is 159 Å². The first-order chi connectivity index (χ1) is 17.5. The Balaban J connectivity index is 3.20. The van der Waals surface area contributed by atoms with Crippen molar-refractivity contribution in [2.24, 2.45) is 5.73 Å². The van der Waals surface area contributed by atoms with Gasteiger partial charge in [0, 0.05) is 12.8 Å². The van der Waals surface area contributed by atoms with Crippen molar-refractivity contribution in [3.05, 3.63) is 23.8 Å². The fraction of sp³-hybridized carbons (Fsp3) is 0.615. The van der Waals surface area contributed by atoms with Crippen LogP contribution >= 0.6 is 0 Å². The van der Waals surface area contributed by atoms with Crippen molar-refractivity contribution in [3.63, 3.8) is 0 Å². The second-order valence-corrected chi connectivity index (χ2v) is 10.4. The molecule has 0 heterocycles. The maximum atomic E-state index is 12.5. The van der Waals surface area contributed by atoms with Crippen LogP contribution in [0.15, 0.2) is 18.2 Å². The van der Waals surface area contributed by atoms with Gasteiger partial charge in [0.15, 0.2) is 11.5 Å². The molecule has 0 amide bonds. The van der Waals surface area contributed by atoms with E-state index in [1.54, 1.807) is 41.5 Å². The van der Waals surface area contributed by atoms with E-state index in [1.807, 2.05) is 6.92 Å². The van der Waals surface area contributed by atoms with Crippen LogP contribution in [0.25, 0.3) is 0 Å². The zero-order valence-electron chi connectivity index (χ0n) is 23.3. The van der Waals surface area contributed by atoms with Gasteiger partial charge >= 0.3 is 24.4 Å². The average molecular weight is 542 g/mol. The minimum absolute atomic E-state index is 0.0979. The Morgan fingerprint density at radius 1 is 0.789 bits per heavy atom. The van der Waals surface area contributed by atoms with Gasteiger partial charge in [0.25, 0.3) is 0 Å². The van der Waals surface area contributed by atoms with E-state index in [1.165, 1.54) is 25.3 Å². The third-order valence-corrected chi connectivity index (χ3v) is 4.48. The molecular formula is C26H39NO11. The standard InChI is InChI=1S/C26H39NO11/c1-9-13-33-21(29)34-14-12-26(27,20(28)32-8)16-17-10-11-18(35-22(30)37-24(2,3)4)19(15-17)36-23(31)38-25(5,6)7/h10-11,15H,9,12-14,16,27H2,1-8H3/t26-/m1/s1. The molecule has 0 aliphatic carbocycles. The highest BCUT2D eigenvalue weighted by Gasteiger charge is 2.36. The monoisotopic (exact) mass is 541 g/mol. The van der Waals surface area contributed by atoms with Crippen LogP contribution in [0.5, 0.6) is 11.5 Å². The lowest BCUT2D eigenvalue weighted by Gasteiger charge is -2.27. The highest BCUT2D eigenvalue weighted by atomic mass is 16.8. The summed E-state index contributed by atoms with van der Waals surface area (Å²) in [6.45, 7) is 11.8. The van der Waals surface area contributed by atoms with Crippen molar-refractivity contribution >= 4 is 24.4 Å². The number of carbonyl (C=O) groups is 4. The Bertz CT molecular complexity index is 978. The minimum atomic E-state index is -1.61. The van der Waals surface area contributed by atoms with Gasteiger partial charge in [0.2, 0.25) is 0 Å². The van der Waals surface area contributed by atoms with E-state index < -0.39 is 41.2 Å². The molecule has 38 heavy (non-hydrogen) atoms. The Morgan fingerprint density at radius 3 is 1.82 bits per heavy atom. The minimum Gasteiger partial charge on any atom is -0.468 e. The molecular weight excluding hydrogens is 502 g/mol. The van der Waals surface area contributed by atoms with E-state index in [0.29, 0.717) is 12.0 Å². The highest BCUT2D eigenvalue weighted by molar-refractivity contribution is 5.81. The number of hydrogen-bond acceptors (Lipinski definition) is 12. The van der Waals surface area contributed by atoms with E-state index in [0.717, 1.165) is 0 Å². The lowest BCUT2D eigenvalue weighted by atomic mass is 9.88. The summed E-state index contributed by atoms with van der Waals surface area (Å²) in [5.41, 5.74) is 3.48. The molecule has 0 radical (unpaired) electrons. The Morgan fingerprint density at radius 2 is 1.32 bits per heavy atom. The summed E-state index contributed by atoms with van der Waals surface area (Å²) in [4.78, 5) is 48.7. The third-order valence-electron chi connectivity index (χ3n) is 4.48. The van der Waals surface area contributed by atoms with Crippen molar-refractivity contribution in [1.82, 2.24) is 0 Å². The summed E-state index contributed by atoms with van der Waals surface area (Å²) in [5.74, 6) is -1.06. The van der Waals surface area contributed by atoms with Gasteiger partial charge in [-0.25, -0.2) is 14.4 Å². The second-order valence-electron chi connectivity index (χ2n) is 10.4. The first-order valence-electron chi connectivity index (χ1n) is 12.1. The normalized spacial score (nSPS) is 13.0. The van der Waals surface area contributed by atoms with Crippen molar-refractivity contribution in [3.8, 4) is 11.5 Å². The second kappa shape index (κ2) is 13.8. The van der Waals surface area contributed by atoms with Crippen LogP contribution in [0.1, 0.15) is 66.9 Å². The Hall–Kier alpha value is -3.54. The number of ether oxygens (including phenoxy) is 7. The number of nitrogens with two attached hydrogens (primary N) is 1. The molecule has 2 N–H and O–H groups in total. The van der Waals surface area contributed by atoms with Crippen LogP contribution in [0.3, 0.4) is 0 Å². The molecule has 0 unspecified atom stereocenters. The smallest absolute Gasteiger partial charge is 0.468 e. The van der Waals surface area contributed by atoms with Gasteiger partial charge < -0.3 is 38.9 Å². The maximum Gasteiger partial charge on any atom is 0.514 e. The highest BCUT2D eigenvalue weighted by Crippen LogP contribution is 2.32. The summed E-state index contributed by atoms with van der Waals surface area (Å²) in [6, 6.07) is 4.24. The lowest BCUT2D eigenvalue weighted by Crippen LogP contribution is -2.51. The zero-order valence-corrected chi connectivity index (χ0v) is 23.3. The number of hydrogen-bond donors (Lipinski definition) is 1. The summed E-state index contributed by atoms with van der Waals surface area (Å²) < 4.78 is 35.6. The SMILES string of the molecule is CCCOC(=O)OCC[C@@](N)(Cc1ccc(OC(=O)OC(C)(C)C)c(OC(=O)OC(C)(C)C)c1)C(=O)OC. The number of esters is 1. The molecule has 0 saturated heterocycles. The molecule has 0 aliphatic heterocycles. The van der Waals surface area contributed by atoms with Gasteiger partial charge in [0.05, 0.1) is 20.3 Å². The number of benzene rings is 1. The van der Waals surface area contributed by atoms with Gasteiger partial charge in [-0.3, -0.25) is 4.79 Å². The average Bonchev–Trinajstić information content (AvgIpc) is 2.76. The van der Waals surface area contributed by atoms with E-state index in [2.05, 4.69) is 0 Å². The molecule has 12 heteroatoms. The molecule has 1 atom stereocenters. The number of carbonyl (C=O) groups excluding carboxylic acids is 4. The zero-order chi connectivity index (χ0) is 29.1. The Kier molecular flexibility index (Phi) is 11.8. The van der Waals surface area contributed by atoms with Crippen LogP contribution in [-0.2, 0) is 34.9 Å². The van der Waals surface area contributed by atoms with Gasteiger partial charge in [-0.15, -0.1) is 0 Å². The summed E-state index contributed by atoms with van der Waals surface area (Å²) in [5, 5.41) is 0. The van der Waals surface area contributed by atoms with E-state index in [9.17, 15) is 19.2 Å². The predicted molar refractivity (Wildman–Crippen MR) is 135 cm³/mol. The van der Waals surface area contributed by atoms with Crippen molar-refractivity contribution < 1.29 is 52.3 Å². The molecule has 0 aromatic heterocycles. The molecule has 0 bridgehead atoms. The summed E-state index contributed by atoms with van der Waals surface area (Å²) in [7, 11) is 1.18. The number of methoxy groups -OCH3 is 1. The van der Waals surface area contributed by atoms with E-state index in [-0.39, 0.29) is 37.6 Å². The molecule has 12 nitrogen and oxygen atoms in total. The third kappa shape index (κ3) is 12.1. The van der Waals surface area contributed by atoms with Crippen LogP contribution < -0.4 is 15.2 Å². The summed E-state index contributed by atoms with van der Waals surface area (Å²) in [6.07, 6.45) is -2.53. The predicted octanol–water partition coefficient (Wildman–Crippen LogP) is 4.68. The fourth-order valence-corrected chi connectivity index (χ4v) is 2.92. The molecule has 0 fully saturated rings. The molecule has 1 aromatic carbocycles. The van der Waals surface area contributed by atoms with Crippen LogP contribution in [0, 0.1) is 0 Å². The summed E-state index contributed by atoms with van der Waals surface area (Å²) >= 11 is 0. The quantitative estimate of drug-likeness (QED) is 0.248. The maximum absolute atomic E-state index is 12.5. The van der Waals surface area contributed by atoms with Gasteiger partial charge in [-0.2, -0.15) is 0 Å². The lowest BCUT2D eigenvalue weighted by molar-refractivity contribution is -0.147. The van der Waals surface area contributed by atoms with Crippen LogP contribution in [0.4, 0.5) is 14.4 Å². The first-order valence-corrected chi connectivity index (χ1v) is 12.1. The first kappa shape index (κ1) is 32.5. The van der Waals surface area contributed by atoms with Crippen molar-refractivity contribution in [2.75, 3.05) is 20.3 Å². The molecule has 0 aliphatic rings. The van der Waals surface area contributed by atoms with E-state index in [4.69, 9.17) is 38.9 Å². The van der Waals surface area contributed by atoms with Crippen LogP contribution in [0.2, 0.25) is 0 Å². The molecule has 1 aromatic rings. The van der Waals surface area contributed by atoms with Gasteiger partial charge in [-0.1, -0.05) is 13.0 Å². The van der Waals surface area contributed by atoms with E-state index >= 15 is 0 Å². The Labute approximate surface area is 223 Å². The van der Waals surface area contributed by atoms with Crippen LogP contribution in [-0.4, -0.2) is 61.5 Å². The van der Waals surface area contributed by atoms with Crippen molar-refractivity contribution in [2.45, 2.75) is 84.5 Å². The molecule has 214 valence electrons. The molecule has 1 rings (SSSR count). The fourth-order valence-electron chi connectivity index (χ4n) is 2.92. The number of rotatable bonds is 10. The van der Waals surface area contributed by atoms with Gasteiger partial charge in [-0.05, 0) is 65.7 Å². The van der Waals surface area contributed by atoms with Gasteiger partial charge in [0.1, 0.15) is 16.7 Å². The largest absolute Gasteiger partial charge is 0.514 e. The molecule has 0 saturated carbocycles.